The second-order valence-corrected chi connectivity index (χ2v) is 6.50. The van der Waals surface area contributed by atoms with Gasteiger partial charge in [-0.25, -0.2) is 8.78 Å². The molecule has 0 aliphatic heterocycles. The number of aryl methyl sites for hydroxylation is 2. The molecule has 0 saturated carbocycles. The summed E-state index contributed by atoms with van der Waals surface area (Å²) in [6.45, 7) is 4.19. The van der Waals surface area contributed by atoms with Crippen LogP contribution in [0.15, 0.2) is 60.7 Å². The molecule has 1 nitrogen and oxygen atoms in total. The lowest BCUT2D eigenvalue weighted by Crippen LogP contribution is -2.10. The number of nitrogen functional groups attached to an aromatic ring is 1. The first-order valence-electron chi connectivity index (χ1n) is 8.95. The molecule has 3 aromatic rings. The minimum absolute atomic E-state index is 0.173. The fraction of sp³-hybridized carbons (Fsp3) is 0.217. The van der Waals surface area contributed by atoms with Crippen LogP contribution in [0.25, 0.3) is 0 Å². The number of benzene rings is 3. The van der Waals surface area contributed by atoms with Crippen molar-refractivity contribution in [3.63, 3.8) is 0 Å². The average Bonchev–Trinajstić information content (AvgIpc) is 2.66. The Bertz CT molecular complexity index is 838. The molecule has 0 saturated heterocycles. The van der Waals surface area contributed by atoms with Crippen LogP contribution in [0, 0.1) is 11.6 Å². The first-order valence-corrected chi connectivity index (χ1v) is 8.95. The highest BCUT2D eigenvalue weighted by Crippen LogP contribution is 2.37. The smallest absolute Gasteiger partial charge is 0.123 e. The summed E-state index contributed by atoms with van der Waals surface area (Å²) < 4.78 is 26.9. The van der Waals surface area contributed by atoms with Crippen molar-refractivity contribution >= 4 is 5.69 Å². The normalized spacial score (nSPS) is 11.1. The number of hydrogen-bond donors (Lipinski definition) is 1. The molecule has 3 heteroatoms. The lowest BCUT2D eigenvalue weighted by molar-refractivity contribution is 0.626. The third-order valence-corrected chi connectivity index (χ3v) is 4.86. The minimum Gasteiger partial charge on any atom is -0.398 e. The van der Waals surface area contributed by atoms with Gasteiger partial charge in [-0.1, -0.05) is 50.2 Å². The van der Waals surface area contributed by atoms with Crippen molar-refractivity contribution in [2.45, 2.75) is 32.6 Å². The highest BCUT2D eigenvalue weighted by molar-refractivity contribution is 5.61. The van der Waals surface area contributed by atoms with Crippen molar-refractivity contribution in [3.05, 3.63) is 100 Å². The van der Waals surface area contributed by atoms with Gasteiger partial charge in [0.2, 0.25) is 0 Å². The van der Waals surface area contributed by atoms with Gasteiger partial charge in [0.25, 0.3) is 0 Å². The Morgan fingerprint density at radius 2 is 1.27 bits per heavy atom. The maximum Gasteiger partial charge on any atom is 0.123 e. The summed E-state index contributed by atoms with van der Waals surface area (Å²) in [4.78, 5) is 0. The fourth-order valence-corrected chi connectivity index (χ4v) is 3.40. The van der Waals surface area contributed by atoms with Crippen molar-refractivity contribution in [2.24, 2.45) is 0 Å². The fourth-order valence-electron chi connectivity index (χ4n) is 3.40. The first kappa shape index (κ1) is 18.1. The Morgan fingerprint density at radius 1 is 0.769 bits per heavy atom. The molecule has 3 aromatic carbocycles. The maximum absolute atomic E-state index is 13.5. The van der Waals surface area contributed by atoms with Gasteiger partial charge in [0, 0.05) is 11.6 Å². The Balaban J connectivity index is 2.24. The summed E-state index contributed by atoms with van der Waals surface area (Å²) in [6, 6.07) is 17.1. The molecule has 0 heterocycles. The van der Waals surface area contributed by atoms with E-state index in [0.29, 0.717) is 0 Å². The standard InChI is InChI=1S/C23H23F2N/c1-3-15-13-16(4-2)23(26)21(14-15)22(17-5-9-19(24)10-6-17)18-7-11-20(25)12-8-18/h5-14,22H,3-4,26H2,1-2H3. The summed E-state index contributed by atoms with van der Waals surface area (Å²) >= 11 is 0. The molecule has 0 spiro atoms. The molecule has 0 aromatic heterocycles. The zero-order valence-electron chi connectivity index (χ0n) is 15.1. The zero-order chi connectivity index (χ0) is 18.7. The Morgan fingerprint density at radius 3 is 1.69 bits per heavy atom. The molecule has 0 bridgehead atoms. The van der Waals surface area contributed by atoms with E-state index in [1.54, 1.807) is 24.3 Å². The van der Waals surface area contributed by atoms with Gasteiger partial charge in [-0.3, -0.25) is 0 Å². The third-order valence-electron chi connectivity index (χ3n) is 4.86. The summed E-state index contributed by atoms with van der Waals surface area (Å²) in [7, 11) is 0. The molecular weight excluding hydrogens is 328 g/mol. The molecule has 0 aliphatic carbocycles. The van der Waals surface area contributed by atoms with Crippen LogP contribution in [0.2, 0.25) is 0 Å². The van der Waals surface area contributed by atoms with E-state index in [-0.39, 0.29) is 17.6 Å². The quantitative estimate of drug-likeness (QED) is 0.453. The molecular formula is C23H23F2N. The van der Waals surface area contributed by atoms with E-state index in [2.05, 4.69) is 26.0 Å². The molecule has 134 valence electrons. The van der Waals surface area contributed by atoms with Gasteiger partial charge in [-0.2, -0.15) is 0 Å². The molecule has 0 aliphatic rings. The van der Waals surface area contributed by atoms with E-state index in [1.807, 2.05) is 0 Å². The Hall–Kier alpha value is -2.68. The van der Waals surface area contributed by atoms with Gasteiger partial charge in [0.1, 0.15) is 11.6 Å². The van der Waals surface area contributed by atoms with Crippen LogP contribution in [-0.2, 0) is 12.8 Å². The van der Waals surface area contributed by atoms with Crippen LogP contribution in [0.3, 0.4) is 0 Å². The number of hydrogen-bond acceptors (Lipinski definition) is 1. The van der Waals surface area contributed by atoms with Crippen LogP contribution in [0.5, 0.6) is 0 Å². The highest BCUT2D eigenvalue weighted by Gasteiger charge is 2.21. The van der Waals surface area contributed by atoms with Crippen LogP contribution < -0.4 is 5.73 Å². The molecule has 0 fully saturated rings. The Labute approximate surface area is 153 Å². The second kappa shape index (κ2) is 7.69. The third kappa shape index (κ3) is 3.62. The molecule has 0 radical (unpaired) electrons. The predicted octanol–water partition coefficient (Wildman–Crippen LogP) is 5.85. The average molecular weight is 351 g/mol. The summed E-state index contributed by atoms with van der Waals surface area (Å²) in [5.74, 6) is -0.736. The number of halogens is 2. The molecule has 0 atom stereocenters. The van der Waals surface area contributed by atoms with Gasteiger partial charge in [-0.05, 0) is 64.9 Å². The predicted molar refractivity (Wildman–Crippen MR) is 103 cm³/mol. The molecule has 2 N–H and O–H groups in total. The molecule has 26 heavy (non-hydrogen) atoms. The summed E-state index contributed by atoms with van der Waals surface area (Å²) in [5.41, 5.74) is 12.4. The van der Waals surface area contributed by atoms with E-state index >= 15 is 0 Å². The lowest BCUT2D eigenvalue weighted by Gasteiger charge is -2.23. The van der Waals surface area contributed by atoms with E-state index in [4.69, 9.17) is 5.73 Å². The number of nitrogens with two attached hydrogens (primary N) is 1. The van der Waals surface area contributed by atoms with Gasteiger partial charge in [0.05, 0.1) is 0 Å². The van der Waals surface area contributed by atoms with Crippen molar-refractivity contribution in [3.8, 4) is 0 Å². The van der Waals surface area contributed by atoms with E-state index in [1.165, 1.54) is 29.8 Å². The highest BCUT2D eigenvalue weighted by atomic mass is 19.1. The van der Waals surface area contributed by atoms with Crippen molar-refractivity contribution in [1.29, 1.82) is 0 Å². The second-order valence-electron chi connectivity index (χ2n) is 6.50. The van der Waals surface area contributed by atoms with Gasteiger partial charge >= 0.3 is 0 Å². The van der Waals surface area contributed by atoms with Crippen LogP contribution in [0.1, 0.15) is 47.6 Å². The zero-order valence-corrected chi connectivity index (χ0v) is 15.1. The minimum atomic E-state index is -0.281. The topological polar surface area (TPSA) is 26.0 Å². The molecule has 0 unspecified atom stereocenters. The summed E-state index contributed by atoms with van der Waals surface area (Å²) in [6.07, 6.45) is 1.74. The van der Waals surface area contributed by atoms with E-state index in [9.17, 15) is 8.78 Å². The van der Waals surface area contributed by atoms with Crippen molar-refractivity contribution in [2.75, 3.05) is 5.73 Å². The van der Waals surface area contributed by atoms with Crippen LogP contribution >= 0.6 is 0 Å². The summed E-state index contributed by atoms with van der Waals surface area (Å²) in [5, 5.41) is 0. The molecule has 3 rings (SSSR count). The van der Waals surface area contributed by atoms with E-state index in [0.717, 1.165) is 40.8 Å². The number of rotatable bonds is 5. The first-order chi connectivity index (χ1) is 12.5. The van der Waals surface area contributed by atoms with E-state index < -0.39 is 0 Å². The van der Waals surface area contributed by atoms with Gasteiger partial charge in [-0.15, -0.1) is 0 Å². The van der Waals surface area contributed by atoms with Gasteiger partial charge in [0.15, 0.2) is 0 Å². The van der Waals surface area contributed by atoms with Crippen LogP contribution in [-0.4, -0.2) is 0 Å². The SMILES string of the molecule is CCc1cc(CC)c(N)c(C(c2ccc(F)cc2)c2ccc(F)cc2)c1. The lowest BCUT2D eigenvalue weighted by atomic mass is 9.82. The van der Waals surface area contributed by atoms with Crippen molar-refractivity contribution in [1.82, 2.24) is 0 Å². The number of anilines is 1. The largest absolute Gasteiger partial charge is 0.398 e. The van der Waals surface area contributed by atoms with Crippen molar-refractivity contribution < 1.29 is 8.78 Å². The maximum atomic E-state index is 13.5. The van der Waals surface area contributed by atoms with Crippen LogP contribution in [0.4, 0.5) is 14.5 Å². The monoisotopic (exact) mass is 351 g/mol. The van der Waals surface area contributed by atoms with Gasteiger partial charge < -0.3 is 5.73 Å². The Kier molecular flexibility index (Phi) is 5.36. The molecule has 0 amide bonds.